The third-order valence-corrected chi connectivity index (χ3v) is 5.74. The Morgan fingerprint density at radius 1 is 0.919 bits per heavy atom. The molecule has 0 saturated carbocycles. The summed E-state index contributed by atoms with van der Waals surface area (Å²) in [7, 11) is 0. The predicted octanol–water partition coefficient (Wildman–Crippen LogP) is 4.21. The second-order valence-corrected chi connectivity index (χ2v) is 8.95. The summed E-state index contributed by atoms with van der Waals surface area (Å²) in [6.07, 6.45) is 1.35. The number of nitrogens with one attached hydrogen (secondary N) is 3. The van der Waals surface area contributed by atoms with Crippen LogP contribution in [0.2, 0.25) is 0 Å². The summed E-state index contributed by atoms with van der Waals surface area (Å²) < 4.78 is 5.65. The number of carbonyl (C=O) groups is 3. The number of ether oxygens (including phenoxy) is 1. The van der Waals surface area contributed by atoms with Gasteiger partial charge in [-0.3, -0.25) is 14.4 Å². The van der Waals surface area contributed by atoms with Crippen molar-refractivity contribution in [2.75, 3.05) is 11.9 Å². The highest BCUT2D eigenvalue weighted by molar-refractivity contribution is 6.35. The lowest BCUT2D eigenvalue weighted by Crippen LogP contribution is -2.37. The van der Waals surface area contributed by atoms with E-state index < -0.39 is 11.8 Å². The van der Waals surface area contributed by atoms with Crippen LogP contribution in [-0.4, -0.2) is 30.5 Å². The molecule has 0 saturated heterocycles. The molecule has 0 spiro atoms. The lowest BCUT2D eigenvalue weighted by molar-refractivity contribution is -0.139. The Morgan fingerprint density at radius 2 is 1.65 bits per heavy atom. The van der Waals surface area contributed by atoms with E-state index in [2.05, 4.69) is 35.0 Å². The van der Waals surface area contributed by atoms with Gasteiger partial charge in [0.1, 0.15) is 5.75 Å². The molecule has 3 amide bonds. The highest BCUT2D eigenvalue weighted by atomic mass is 16.5. The van der Waals surface area contributed by atoms with Gasteiger partial charge in [0.15, 0.2) is 6.61 Å². The van der Waals surface area contributed by atoms with E-state index in [-0.39, 0.29) is 19.1 Å². The zero-order valence-electron chi connectivity index (χ0n) is 21.5. The summed E-state index contributed by atoms with van der Waals surface area (Å²) in [4.78, 5) is 36.5. The molecule has 3 aromatic rings. The van der Waals surface area contributed by atoms with Gasteiger partial charge in [0.05, 0.1) is 6.21 Å². The van der Waals surface area contributed by atoms with Crippen molar-refractivity contribution >= 4 is 29.6 Å². The number of hydrogen-bond donors (Lipinski definition) is 3. The van der Waals surface area contributed by atoms with Crippen molar-refractivity contribution in [2.45, 2.75) is 40.2 Å². The minimum absolute atomic E-state index is 0.204. The fourth-order valence-electron chi connectivity index (χ4n) is 3.37. The third-order valence-electron chi connectivity index (χ3n) is 5.74. The van der Waals surface area contributed by atoms with E-state index in [9.17, 15) is 14.4 Å². The number of anilines is 1. The first kappa shape index (κ1) is 27.1. The van der Waals surface area contributed by atoms with Crippen LogP contribution in [0, 0.1) is 13.8 Å². The summed E-state index contributed by atoms with van der Waals surface area (Å²) in [5, 5.41) is 9.23. The molecule has 0 aliphatic rings. The van der Waals surface area contributed by atoms with Crippen LogP contribution in [0.5, 0.6) is 5.75 Å². The molecule has 0 atom stereocenters. The average Bonchev–Trinajstić information content (AvgIpc) is 2.89. The lowest BCUT2D eigenvalue weighted by atomic mass is 10.0. The molecule has 192 valence electrons. The molecule has 0 radical (unpaired) electrons. The number of aryl methyl sites for hydroxylation is 2. The summed E-state index contributed by atoms with van der Waals surface area (Å²) in [6, 6.07) is 20.4. The number of rotatable bonds is 9. The molecule has 3 rings (SSSR count). The molecule has 8 nitrogen and oxygen atoms in total. The van der Waals surface area contributed by atoms with E-state index in [4.69, 9.17) is 4.74 Å². The fourth-order valence-corrected chi connectivity index (χ4v) is 3.37. The van der Waals surface area contributed by atoms with Gasteiger partial charge in [0.2, 0.25) is 0 Å². The van der Waals surface area contributed by atoms with Crippen LogP contribution in [0.3, 0.4) is 0 Å². The molecule has 8 heteroatoms. The van der Waals surface area contributed by atoms with Crippen molar-refractivity contribution in [1.29, 1.82) is 0 Å². The Hall–Kier alpha value is -4.46. The number of hydrogen-bond acceptors (Lipinski definition) is 5. The first-order chi connectivity index (χ1) is 17.7. The highest BCUT2D eigenvalue weighted by Crippen LogP contribution is 2.17. The number of para-hydroxylation sites is 1. The normalized spacial score (nSPS) is 10.8. The van der Waals surface area contributed by atoms with Gasteiger partial charge >= 0.3 is 11.8 Å². The van der Waals surface area contributed by atoms with Crippen LogP contribution in [0.4, 0.5) is 5.69 Å². The Morgan fingerprint density at radius 3 is 2.35 bits per heavy atom. The maximum Gasteiger partial charge on any atom is 0.329 e. The van der Waals surface area contributed by atoms with Crippen molar-refractivity contribution in [3.05, 3.63) is 94.5 Å². The number of carbonyl (C=O) groups excluding carboxylic acids is 3. The standard InChI is InChI=1S/C29H32N4O4/c1-19(2)23-12-10-22(11-13-23)16-30-28(35)29(36)33-31-17-24-7-5-6-8-26(24)37-18-27(34)32-25-14-9-20(3)21(4)15-25/h5-15,17,19H,16,18H2,1-4H3,(H,30,35)(H,32,34)(H,33,36)/b31-17-. The topological polar surface area (TPSA) is 109 Å². The van der Waals surface area contributed by atoms with Gasteiger partial charge in [-0.2, -0.15) is 5.10 Å². The van der Waals surface area contributed by atoms with Gasteiger partial charge in [-0.1, -0.05) is 56.3 Å². The SMILES string of the molecule is Cc1ccc(NC(=O)COc2ccccc2/C=N\NC(=O)C(=O)NCc2ccc(C(C)C)cc2)cc1C. The second kappa shape index (κ2) is 13.0. The van der Waals surface area contributed by atoms with Gasteiger partial charge < -0.3 is 15.4 Å². The molecular formula is C29H32N4O4. The minimum Gasteiger partial charge on any atom is -0.483 e. The van der Waals surface area contributed by atoms with Crippen LogP contribution >= 0.6 is 0 Å². The number of nitrogens with zero attached hydrogens (tertiary/aromatic N) is 1. The first-order valence-corrected chi connectivity index (χ1v) is 12.0. The van der Waals surface area contributed by atoms with E-state index in [1.165, 1.54) is 11.8 Å². The molecule has 37 heavy (non-hydrogen) atoms. The van der Waals surface area contributed by atoms with E-state index in [0.717, 1.165) is 16.7 Å². The largest absolute Gasteiger partial charge is 0.483 e. The lowest BCUT2D eigenvalue weighted by Gasteiger charge is -2.10. The van der Waals surface area contributed by atoms with E-state index >= 15 is 0 Å². The van der Waals surface area contributed by atoms with Crippen LogP contribution in [0.15, 0.2) is 71.8 Å². The van der Waals surface area contributed by atoms with Crippen LogP contribution < -0.4 is 20.8 Å². The summed E-state index contributed by atoms with van der Waals surface area (Å²) in [5.41, 5.74) is 7.75. The summed E-state index contributed by atoms with van der Waals surface area (Å²) >= 11 is 0. The zero-order chi connectivity index (χ0) is 26.8. The smallest absolute Gasteiger partial charge is 0.329 e. The van der Waals surface area contributed by atoms with Crippen molar-refractivity contribution in [3.63, 3.8) is 0 Å². The highest BCUT2D eigenvalue weighted by Gasteiger charge is 2.12. The number of hydrazone groups is 1. The van der Waals surface area contributed by atoms with Crippen LogP contribution in [0.1, 0.15) is 47.6 Å². The van der Waals surface area contributed by atoms with Gasteiger partial charge in [-0.25, -0.2) is 5.43 Å². The van der Waals surface area contributed by atoms with Crippen molar-refractivity contribution < 1.29 is 19.1 Å². The van der Waals surface area contributed by atoms with E-state index in [1.54, 1.807) is 24.3 Å². The molecule has 0 unspecified atom stereocenters. The maximum absolute atomic E-state index is 12.3. The van der Waals surface area contributed by atoms with Crippen molar-refractivity contribution in [2.24, 2.45) is 5.10 Å². The molecular weight excluding hydrogens is 468 g/mol. The molecule has 0 bridgehead atoms. The Bertz CT molecular complexity index is 1280. The Balaban J connectivity index is 1.48. The first-order valence-electron chi connectivity index (χ1n) is 12.0. The van der Waals surface area contributed by atoms with Crippen molar-refractivity contribution in [1.82, 2.24) is 10.7 Å². The summed E-state index contributed by atoms with van der Waals surface area (Å²) in [5.74, 6) is -1.16. The molecule has 0 fully saturated rings. The quantitative estimate of drug-likeness (QED) is 0.232. The molecule has 0 aliphatic heterocycles. The molecule has 0 aromatic heterocycles. The monoisotopic (exact) mass is 500 g/mol. The zero-order valence-corrected chi connectivity index (χ0v) is 21.5. The Labute approximate surface area is 217 Å². The number of amides is 3. The average molecular weight is 501 g/mol. The Kier molecular flexibility index (Phi) is 9.55. The van der Waals surface area contributed by atoms with Gasteiger partial charge in [-0.05, 0) is 66.3 Å². The van der Waals surface area contributed by atoms with Gasteiger partial charge in [0, 0.05) is 17.8 Å². The van der Waals surface area contributed by atoms with Gasteiger partial charge in [0.25, 0.3) is 5.91 Å². The number of benzene rings is 3. The van der Waals surface area contributed by atoms with Gasteiger partial charge in [-0.15, -0.1) is 0 Å². The third kappa shape index (κ3) is 8.31. The summed E-state index contributed by atoms with van der Waals surface area (Å²) in [6.45, 7) is 8.22. The van der Waals surface area contributed by atoms with E-state index in [1.807, 2.05) is 56.3 Å². The fraction of sp³-hybridized carbons (Fsp3) is 0.241. The maximum atomic E-state index is 12.3. The molecule has 0 aliphatic carbocycles. The molecule has 3 N–H and O–H groups in total. The van der Waals surface area contributed by atoms with Crippen molar-refractivity contribution in [3.8, 4) is 5.75 Å². The molecule has 3 aromatic carbocycles. The predicted molar refractivity (Wildman–Crippen MR) is 145 cm³/mol. The van der Waals surface area contributed by atoms with Crippen LogP contribution in [-0.2, 0) is 20.9 Å². The van der Waals surface area contributed by atoms with E-state index in [0.29, 0.717) is 22.9 Å². The van der Waals surface area contributed by atoms with Crippen LogP contribution in [0.25, 0.3) is 0 Å². The minimum atomic E-state index is -0.888. The molecule has 0 heterocycles. The second-order valence-electron chi connectivity index (χ2n) is 8.95.